The Balaban J connectivity index is 2.15. The lowest BCUT2D eigenvalue weighted by Crippen LogP contribution is -2.23. The first kappa shape index (κ1) is 12.9. The summed E-state index contributed by atoms with van der Waals surface area (Å²) in [7, 11) is 1.62. The standard InChI is InChI=1S/C14H15N3O2/c1-3-8-15-14(18)13-9-17(10-16-13)11-4-6-12(19-2)7-5-11/h3-7,9-10H,1,8H2,2H3,(H,15,18). The molecule has 0 atom stereocenters. The molecule has 19 heavy (non-hydrogen) atoms. The number of ether oxygens (including phenoxy) is 1. The third-order valence-electron chi connectivity index (χ3n) is 2.59. The van der Waals surface area contributed by atoms with Crippen molar-refractivity contribution in [2.45, 2.75) is 0 Å². The molecule has 5 heteroatoms. The van der Waals surface area contributed by atoms with E-state index in [1.54, 1.807) is 30.3 Å². The van der Waals surface area contributed by atoms with E-state index in [1.165, 1.54) is 0 Å². The smallest absolute Gasteiger partial charge is 0.271 e. The van der Waals surface area contributed by atoms with Crippen molar-refractivity contribution in [3.05, 3.63) is 55.1 Å². The van der Waals surface area contributed by atoms with E-state index in [9.17, 15) is 4.79 Å². The van der Waals surface area contributed by atoms with E-state index in [0.29, 0.717) is 12.2 Å². The Bertz CT molecular complexity index is 573. The van der Waals surface area contributed by atoms with Gasteiger partial charge in [0.1, 0.15) is 17.8 Å². The van der Waals surface area contributed by atoms with Crippen LogP contribution in [0.2, 0.25) is 0 Å². The van der Waals surface area contributed by atoms with Crippen LogP contribution in [0, 0.1) is 0 Å². The van der Waals surface area contributed by atoms with Gasteiger partial charge in [-0.25, -0.2) is 4.98 Å². The van der Waals surface area contributed by atoms with Crippen LogP contribution in [0.4, 0.5) is 0 Å². The Morgan fingerprint density at radius 2 is 2.21 bits per heavy atom. The Labute approximate surface area is 111 Å². The number of carbonyl (C=O) groups excluding carboxylic acids is 1. The minimum atomic E-state index is -0.216. The fraction of sp³-hybridized carbons (Fsp3) is 0.143. The maximum absolute atomic E-state index is 11.7. The molecule has 0 aliphatic carbocycles. The fourth-order valence-electron chi connectivity index (χ4n) is 1.59. The summed E-state index contributed by atoms with van der Waals surface area (Å²) in [5.74, 6) is 0.569. The molecule has 0 radical (unpaired) electrons. The predicted molar refractivity (Wildman–Crippen MR) is 72.6 cm³/mol. The van der Waals surface area contributed by atoms with Crippen molar-refractivity contribution < 1.29 is 9.53 Å². The molecule has 2 aromatic rings. The van der Waals surface area contributed by atoms with E-state index in [-0.39, 0.29) is 5.91 Å². The summed E-state index contributed by atoms with van der Waals surface area (Å²) in [6, 6.07) is 7.50. The minimum Gasteiger partial charge on any atom is -0.497 e. The number of methoxy groups -OCH3 is 1. The number of rotatable bonds is 5. The zero-order chi connectivity index (χ0) is 13.7. The van der Waals surface area contributed by atoms with Gasteiger partial charge in [0.25, 0.3) is 5.91 Å². The normalized spacial score (nSPS) is 9.95. The third kappa shape index (κ3) is 3.01. The molecule has 0 saturated carbocycles. The van der Waals surface area contributed by atoms with Crippen molar-refractivity contribution in [1.29, 1.82) is 0 Å². The molecule has 2 rings (SSSR count). The van der Waals surface area contributed by atoms with Crippen molar-refractivity contribution in [3.63, 3.8) is 0 Å². The van der Waals surface area contributed by atoms with Gasteiger partial charge in [0.15, 0.2) is 0 Å². The van der Waals surface area contributed by atoms with E-state index in [1.807, 2.05) is 24.3 Å². The van der Waals surface area contributed by atoms with Gasteiger partial charge in [0.2, 0.25) is 0 Å². The number of nitrogens with one attached hydrogen (secondary N) is 1. The van der Waals surface area contributed by atoms with Gasteiger partial charge in [-0.2, -0.15) is 0 Å². The topological polar surface area (TPSA) is 56.2 Å². The molecule has 0 saturated heterocycles. The summed E-state index contributed by atoms with van der Waals surface area (Å²) in [5, 5.41) is 2.68. The number of amides is 1. The van der Waals surface area contributed by atoms with Gasteiger partial charge in [0, 0.05) is 18.4 Å². The lowest BCUT2D eigenvalue weighted by Gasteiger charge is -2.03. The number of hydrogen-bond acceptors (Lipinski definition) is 3. The predicted octanol–water partition coefficient (Wildman–Crippen LogP) is 1.80. The fourth-order valence-corrected chi connectivity index (χ4v) is 1.59. The van der Waals surface area contributed by atoms with E-state index in [2.05, 4.69) is 16.9 Å². The van der Waals surface area contributed by atoms with Crippen LogP contribution in [-0.2, 0) is 0 Å². The Hall–Kier alpha value is -2.56. The van der Waals surface area contributed by atoms with Crippen molar-refractivity contribution >= 4 is 5.91 Å². The lowest BCUT2D eigenvalue weighted by atomic mass is 10.3. The monoisotopic (exact) mass is 257 g/mol. The second-order valence-corrected chi connectivity index (χ2v) is 3.86. The van der Waals surface area contributed by atoms with E-state index >= 15 is 0 Å². The highest BCUT2D eigenvalue weighted by Crippen LogP contribution is 2.15. The Morgan fingerprint density at radius 1 is 1.47 bits per heavy atom. The minimum absolute atomic E-state index is 0.216. The molecular weight excluding hydrogens is 242 g/mol. The highest BCUT2D eigenvalue weighted by atomic mass is 16.5. The van der Waals surface area contributed by atoms with Crippen molar-refractivity contribution in [1.82, 2.24) is 14.9 Å². The van der Waals surface area contributed by atoms with Gasteiger partial charge in [-0.3, -0.25) is 4.79 Å². The highest BCUT2D eigenvalue weighted by molar-refractivity contribution is 5.92. The lowest BCUT2D eigenvalue weighted by molar-refractivity contribution is 0.0953. The molecule has 1 heterocycles. The van der Waals surface area contributed by atoms with E-state index in [4.69, 9.17) is 4.74 Å². The number of benzene rings is 1. The van der Waals surface area contributed by atoms with Gasteiger partial charge in [-0.15, -0.1) is 6.58 Å². The molecule has 0 fully saturated rings. The average Bonchev–Trinajstić information content (AvgIpc) is 2.94. The van der Waals surface area contributed by atoms with Crippen LogP contribution in [0.15, 0.2) is 49.4 Å². The molecule has 0 bridgehead atoms. The first-order valence-electron chi connectivity index (χ1n) is 5.82. The molecule has 0 spiro atoms. The quantitative estimate of drug-likeness (QED) is 0.831. The molecule has 0 aliphatic heterocycles. The Kier molecular flexibility index (Phi) is 3.97. The van der Waals surface area contributed by atoms with Crippen molar-refractivity contribution in [2.24, 2.45) is 0 Å². The summed E-state index contributed by atoms with van der Waals surface area (Å²) < 4.78 is 6.87. The maximum Gasteiger partial charge on any atom is 0.271 e. The summed E-state index contributed by atoms with van der Waals surface area (Å²) in [4.78, 5) is 15.8. The molecule has 0 unspecified atom stereocenters. The summed E-state index contributed by atoms with van der Waals surface area (Å²) in [6.07, 6.45) is 4.91. The van der Waals surface area contributed by atoms with Gasteiger partial charge in [-0.05, 0) is 24.3 Å². The second-order valence-electron chi connectivity index (χ2n) is 3.86. The third-order valence-corrected chi connectivity index (χ3v) is 2.59. The molecule has 98 valence electrons. The molecular formula is C14H15N3O2. The van der Waals surface area contributed by atoms with E-state index in [0.717, 1.165) is 11.4 Å². The number of imidazole rings is 1. The SMILES string of the molecule is C=CCNC(=O)c1cn(-c2ccc(OC)cc2)cn1. The molecule has 0 aliphatic rings. The van der Waals surface area contributed by atoms with Gasteiger partial charge < -0.3 is 14.6 Å². The van der Waals surface area contributed by atoms with Crippen LogP contribution in [0.3, 0.4) is 0 Å². The summed E-state index contributed by atoms with van der Waals surface area (Å²) >= 11 is 0. The highest BCUT2D eigenvalue weighted by Gasteiger charge is 2.08. The van der Waals surface area contributed by atoms with Gasteiger partial charge in [0.05, 0.1) is 7.11 Å². The van der Waals surface area contributed by atoms with Gasteiger partial charge >= 0.3 is 0 Å². The molecule has 1 aromatic heterocycles. The number of carbonyl (C=O) groups is 1. The van der Waals surface area contributed by atoms with Crippen molar-refractivity contribution in [3.8, 4) is 11.4 Å². The molecule has 1 aromatic carbocycles. The summed E-state index contributed by atoms with van der Waals surface area (Å²) in [5.41, 5.74) is 1.29. The van der Waals surface area contributed by atoms with Crippen LogP contribution in [0.1, 0.15) is 10.5 Å². The van der Waals surface area contributed by atoms with Crippen LogP contribution in [0.25, 0.3) is 5.69 Å². The average molecular weight is 257 g/mol. The molecule has 1 amide bonds. The van der Waals surface area contributed by atoms with E-state index < -0.39 is 0 Å². The van der Waals surface area contributed by atoms with Crippen LogP contribution in [-0.4, -0.2) is 29.1 Å². The zero-order valence-electron chi connectivity index (χ0n) is 10.7. The first-order chi connectivity index (χ1) is 9.24. The maximum atomic E-state index is 11.7. The first-order valence-corrected chi connectivity index (χ1v) is 5.82. The largest absolute Gasteiger partial charge is 0.497 e. The summed E-state index contributed by atoms with van der Waals surface area (Å²) in [6.45, 7) is 3.97. The van der Waals surface area contributed by atoms with Crippen LogP contribution >= 0.6 is 0 Å². The molecule has 5 nitrogen and oxygen atoms in total. The van der Waals surface area contributed by atoms with Crippen LogP contribution in [0.5, 0.6) is 5.75 Å². The van der Waals surface area contributed by atoms with Crippen LogP contribution < -0.4 is 10.1 Å². The number of aromatic nitrogens is 2. The van der Waals surface area contributed by atoms with Gasteiger partial charge in [-0.1, -0.05) is 6.08 Å². The van der Waals surface area contributed by atoms with Crippen molar-refractivity contribution in [2.75, 3.05) is 13.7 Å². The number of hydrogen-bond donors (Lipinski definition) is 1. The Morgan fingerprint density at radius 3 is 2.84 bits per heavy atom. The molecule has 1 N–H and O–H groups in total. The zero-order valence-corrected chi connectivity index (χ0v) is 10.7. The number of nitrogens with zero attached hydrogens (tertiary/aromatic N) is 2. The second kappa shape index (κ2) is 5.86.